The molecule has 0 aromatic rings. The van der Waals surface area contributed by atoms with Crippen molar-refractivity contribution in [1.29, 1.82) is 0 Å². The predicted molar refractivity (Wildman–Crippen MR) is 276 cm³/mol. The molecule has 1 N–H and O–H groups in total. The van der Waals surface area contributed by atoms with Gasteiger partial charge in [0, 0.05) is 18.3 Å². The van der Waals surface area contributed by atoms with Gasteiger partial charge in [-0.25, -0.2) is 4.79 Å². The van der Waals surface area contributed by atoms with Gasteiger partial charge in [0.1, 0.15) is 16.8 Å². The predicted octanol–water partition coefficient (Wildman–Crippen LogP) is 13.4. The van der Waals surface area contributed by atoms with E-state index in [0.717, 1.165) is 63.2 Å². The highest BCUT2D eigenvalue weighted by Crippen LogP contribution is 2.61. The van der Waals surface area contributed by atoms with E-state index in [1.165, 1.54) is 83.5 Å². The first-order valence-electron chi connectivity index (χ1n) is 28.7. The molecule has 11 nitrogen and oxygen atoms in total. The van der Waals surface area contributed by atoms with Gasteiger partial charge in [-0.2, -0.15) is 0 Å². The number of hydrogen-bond acceptors (Lipinski definition) is 11. The van der Waals surface area contributed by atoms with Crippen LogP contribution in [0.5, 0.6) is 0 Å². The number of carbonyl (C=O) groups excluding carboxylic acids is 5. The second kappa shape index (κ2) is 21.5. The van der Waals surface area contributed by atoms with E-state index in [4.69, 9.17) is 23.7 Å². The fourth-order valence-corrected chi connectivity index (χ4v) is 14.4. The standard InChI is InChI=1S/C17H28O2.C17H30O2.C16H26O3.C10H16O4/c1-5-16(2,3)15(18)19-17(4)13-7-11-6-12(9-13)10-14(17)8-11;1-5-15(2,3)14(18)19-16(4)10-6-7-11-17(16)12-8-9-13-17;1-4-14(2,3)13(17)19-16-8-11-5-12(9-16)7-15(18,6-11)10-16;1-4-10(2,3)9(12)14-7-5-6-13-8(7)11/h11-14H,5-10H2,1-4H3;5-13H2,1-4H3;11-12,18H,4-10H2,1-3H3;7H,4-6H2,1-3H3. The maximum absolute atomic E-state index is 12.5. The number of rotatable bonds is 12. The number of ether oxygens (including phenoxy) is 5. The van der Waals surface area contributed by atoms with Crippen molar-refractivity contribution in [2.45, 2.75) is 280 Å². The van der Waals surface area contributed by atoms with Crippen molar-refractivity contribution in [3.05, 3.63) is 0 Å². The zero-order valence-electron chi connectivity index (χ0n) is 47.2. The Morgan fingerprint density at radius 3 is 1.39 bits per heavy atom. The van der Waals surface area contributed by atoms with Gasteiger partial charge in [0.2, 0.25) is 6.10 Å². The minimum absolute atomic E-state index is 0.00525. The molecule has 8 bridgehead atoms. The summed E-state index contributed by atoms with van der Waals surface area (Å²) in [7, 11) is 0. The van der Waals surface area contributed by atoms with Gasteiger partial charge in [-0.05, 0) is 227 Å². The van der Waals surface area contributed by atoms with Gasteiger partial charge in [0.05, 0.1) is 33.9 Å². The highest BCUT2D eigenvalue weighted by molar-refractivity contribution is 5.83. The van der Waals surface area contributed by atoms with Crippen molar-refractivity contribution >= 4 is 29.8 Å². The molecular weight excluding hydrogens is 897 g/mol. The number of aliphatic hydroxyl groups is 1. The van der Waals surface area contributed by atoms with Crippen LogP contribution in [0.2, 0.25) is 0 Å². The highest BCUT2D eigenvalue weighted by Gasteiger charge is 2.61. The van der Waals surface area contributed by atoms with E-state index in [-0.39, 0.29) is 56.9 Å². The highest BCUT2D eigenvalue weighted by atomic mass is 16.6. The quantitative estimate of drug-likeness (QED) is 0.147. The minimum atomic E-state index is -0.687. The van der Waals surface area contributed by atoms with Gasteiger partial charge in [-0.1, -0.05) is 47.0 Å². The number of hydrogen-bond donors (Lipinski definition) is 1. The van der Waals surface area contributed by atoms with Crippen LogP contribution in [-0.2, 0) is 47.7 Å². The van der Waals surface area contributed by atoms with Crippen molar-refractivity contribution in [3.8, 4) is 0 Å². The molecule has 11 heteroatoms. The largest absolute Gasteiger partial charge is 0.463 e. The lowest BCUT2D eigenvalue weighted by molar-refractivity contribution is -0.225. The van der Waals surface area contributed by atoms with Gasteiger partial charge in [-0.15, -0.1) is 0 Å². The van der Waals surface area contributed by atoms with Gasteiger partial charge in [-0.3, -0.25) is 19.2 Å². The van der Waals surface area contributed by atoms with Crippen molar-refractivity contribution in [1.82, 2.24) is 0 Å². The van der Waals surface area contributed by atoms with Crippen LogP contribution in [0.1, 0.15) is 251 Å². The molecule has 0 aromatic carbocycles. The van der Waals surface area contributed by atoms with Crippen LogP contribution in [0.25, 0.3) is 0 Å². The topological polar surface area (TPSA) is 152 Å². The second-order valence-electron chi connectivity index (χ2n) is 27.8. The van der Waals surface area contributed by atoms with Crippen LogP contribution in [0.4, 0.5) is 0 Å². The van der Waals surface area contributed by atoms with Crippen LogP contribution < -0.4 is 0 Å². The van der Waals surface area contributed by atoms with Crippen molar-refractivity contribution in [2.24, 2.45) is 62.6 Å². The van der Waals surface area contributed by atoms with Gasteiger partial charge in [0.25, 0.3) is 0 Å². The van der Waals surface area contributed by atoms with Crippen molar-refractivity contribution in [3.63, 3.8) is 0 Å². The molecule has 1 aliphatic heterocycles. The first kappa shape index (κ1) is 57.6. The third-order valence-electron chi connectivity index (χ3n) is 20.8. The second-order valence-corrected chi connectivity index (χ2v) is 27.8. The van der Waals surface area contributed by atoms with E-state index in [9.17, 15) is 29.1 Å². The smallest absolute Gasteiger partial charge is 0.347 e. The molecule has 1 heterocycles. The van der Waals surface area contributed by atoms with Crippen LogP contribution in [0.15, 0.2) is 0 Å². The first-order chi connectivity index (χ1) is 32.9. The van der Waals surface area contributed by atoms with Crippen LogP contribution in [-0.4, -0.2) is 70.1 Å². The van der Waals surface area contributed by atoms with Crippen molar-refractivity contribution < 1.29 is 52.8 Å². The monoisotopic (exact) mass is 997 g/mol. The Kier molecular flexibility index (Phi) is 17.4. The molecule has 11 rings (SSSR count). The molecule has 11 aliphatic rings. The molecule has 406 valence electrons. The SMILES string of the molecule is CCC(C)(C)C(=O)OC1(C)C2CC3CC(C2)CC1C3.CCC(C)(C)C(=O)OC1(C)CCCCC12CCCC2.CCC(C)(C)C(=O)OC12CC3CC(CC(O)(C3)C1)C2.CCC(C)(C)C(=O)OC1CCOC1=O. The molecule has 10 saturated carbocycles. The fraction of sp³-hybridized carbons (Fsp3) is 0.917. The van der Waals surface area contributed by atoms with E-state index < -0.39 is 28.5 Å². The Balaban J connectivity index is 0.000000156. The average Bonchev–Trinajstić information content (AvgIpc) is 3.95. The van der Waals surface area contributed by atoms with E-state index >= 15 is 0 Å². The Bertz CT molecular complexity index is 1860. The van der Waals surface area contributed by atoms with E-state index in [0.29, 0.717) is 49.5 Å². The zero-order valence-corrected chi connectivity index (χ0v) is 47.2. The summed E-state index contributed by atoms with van der Waals surface area (Å²) in [6.07, 6.45) is 25.2. The van der Waals surface area contributed by atoms with Crippen LogP contribution in [0, 0.1) is 62.6 Å². The number of carbonyl (C=O) groups is 5. The third-order valence-corrected chi connectivity index (χ3v) is 20.8. The van der Waals surface area contributed by atoms with Gasteiger partial charge in [0.15, 0.2) is 0 Å². The maximum atomic E-state index is 12.5. The summed E-state index contributed by atoms with van der Waals surface area (Å²) >= 11 is 0. The molecule has 0 radical (unpaired) electrons. The molecule has 1 spiro atoms. The molecule has 0 aromatic heterocycles. The number of cyclic esters (lactones) is 1. The summed E-state index contributed by atoms with van der Waals surface area (Å²) in [4.78, 5) is 59.9. The molecule has 4 unspecified atom stereocenters. The zero-order chi connectivity index (χ0) is 52.6. The Morgan fingerprint density at radius 1 is 0.563 bits per heavy atom. The Morgan fingerprint density at radius 2 is 0.972 bits per heavy atom. The summed E-state index contributed by atoms with van der Waals surface area (Å²) < 4.78 is 28.0. The Labute approximate surface area is 429 Å². The Hall–Kier alpha value is -2.69. The molecule has 10 aliphatic carbocycles. The molecule has 4 atom stereocenters. The van der Waals surface area contributed by atoms with Gasteiger partial charge >= 0.3 is 29.8 Å². The number of esters is 5. The summed E-state index contributed by atoms with van der Waals surface area (Å²) in [5, 5.41) is 10.6. The lowest BCUT2D eigenvalue weighted by Crippen LogP contribution is -2.61. The third kappa shape index (κ3) is 12.5. The van der Waals surface area contributed by atoms with E-state index in [1.54, 1.807) is 13.8 Å². The average molecular weight is 997 g/mol. The van der Waals surface area contributed by atoms with Gasteiger partial charge < -0.3 is 28.8 Å². The molecule has 1 saturated heterocycles. The first-order valence-corrected chi connectivity index (χ1v) is 28.7. The summed E-state index contributed by atoms with van der Waals surface area (Å²) in [5.41, 5.74) is -2.64. The normalized spacial score (nSPS) is 36.3. The molecule has 11 fully saturated rings. The summed E-state index contributed by atoms with van der Waals surface area (Å²) in [6, 6.07) is 0. The van der Waals surface area contributed by atoms with Crippen LogP contribution in [0.3, 0.4) is 0 Å². The maximum Gasteiger partial charge on any atom is 0.347 e. The summed E-state index contributed by atoms with van der Waals surface area (Å²) in [5.74, 6) is 3.40. The van der Waals surface area contributed by atoms with E-state index in [2.05, 4.69) is 27.7 Å². The molecule has 71 heavy (non-hydrogen) atoms. The van der Waals surface area contributed by atoms with Crippen molar-refractivity contribution in [2.75, 3.05) is 6.61 Å². The minimum Gasteiger partial charge on any atom is -0.463 e. The molecule has 0 amide bonds. The molecular formula is C60H100O11. The lowest BCUT2D eigenvalue weighted by atomic mass is 9.50. The van der Waals surface area contributed by atoms with Crippen LogP contribution >= 0.6 is 0 Å². The lowest BCUT2D eigenvalue weighted by Gasteiger charge is -2.59. The van der Waals surface area contributed by atoms with E-state index in [1.807, 2.05) is 55.4 Å². The summed E-state index contributed by atoms with van der Waals surface area (Å²) in [6.45, 7) is 28.4. The fourth-order valence-electron chi connectivity index (χ4n) is 14.4.